The molecule has 0 saturated carbocycles. The number of anilines is 1. The smallest absolute Gasteiger partial charge is 0.298 e. The molecule has 2 amide bonds. The van der Waals surface area contributed by atoms with Crippen molar-refractivity contribution in [2.45, 2.75) is 6.92 Å². The summed E-state index contributed by atoms with van der Waals surface area (Å²) in [4.78, 5) is 26.5. The molecular weight excluding hydrogens is 398 g/mol. The number of hydrogen-bond acceptors (Lipinski definition) is 5. The number of carbonyl (C=O) groups excluding carboxylic acids is 2. The maximum Gasteiger partial charge on any atom is 0.298 e. The van der Waals surface area contributed by atoms with Crippen LogP contribution in [-0.2, 0) is 4.79 Å². The summed E-state index contributed by atoms with van der Waals surface area (Å²) in [6.07, 6.45) is 6.86. The Bertz CT molecular complexity index is 996. The molecule has 2 aromatic carbocycles. The Balaban J connectivity index is 1.90. The van der Waals surface area contributed by atoms with E-state index >= 15 is 0 Å². The molecule has 142 valence electrons. The normalized spacial score (nSPS) is 15.0. The van der Waals surface area contributed by atoms with Gasteiger partial charge in [0.25, 0.3) is 11.1 Å². The third kappa shape index (κ3) is 4.16. The highest BCUT2D eigenvalue weighted by Crippen LogP contribution is 2.39. The molecule has 1 aliphatic heterocycles. The molecule has 0 unspecified atom stereocenters. The van der Waals surface area contributed by atoms with Gasteiger partial charge in [0.05, 0.1) is 22.2 Å². The van der Waals surface area contributed by atoms with E-state index in [2.05, 4.69) is 5.92 Å². The molecule has 1 saturated heterocycles. The summed E-state index contributed by atoms with van der Waals surface area (Å²) in [5, 5.41) is -0.0666. The summed E-state index contributed by atoms with van der Waals surface area (Å²) in [6, 6.07) is 11.9. The average Bonchev–Trinajstić information content (AvgIpc) is 2.95. The molecule has 7 heteroatoms. The van der Waals surface area contributed by atoms with Crippen molar-refractivity contribution >= 4 is 46.3 Å². The zero-order chi connectivity index (χ0) is 20.1. The molecule has 0 spiro atoms. The Morgan fingerprint density at radius 3 is 2.68 bits per heavy atom. The summed E-state index contributed by atoms with van der Waals surface area (Å²) in [7, 11) is 0. The van der Waals surface area contributed by atoms with Gasteiger partial charge in [-0.15, -0.1) is 6.42 Å². The average molecular weight is 414 g/mol. The number of para-hydroxylation sites is 1. The van der Waals surface area contributed by atoms with E-state index in [1.807, 2.05) is 6.92 Å². The van der Waals surface area contributed by atoms with E-state index in [-0.39, 0.29) is 6.61 Å². The minimum Gasteiger partial charge on any atom is -0.490 e. The Morgan fingerprint density at radius 2 is 1.96 bits per heavy atom. The quantitative estimate of drug-likeness (QED) is 0.493. The molecule has 2 aromatic rings. The van der Waals surface area contributed by atoms with E-state index in [1.165, 1.54) is 0 Å². The molecule has 28 heavy (non-hydrogen) atoms. The molecule has 0 bridgehead atoms. The monoisotopic (exact) mass is 413 g/mol. The zero-order valence-electron chi connectivity index (χ0n) is 15.0. The fourth-order valence-electron chi connectivity index (χ4n) is 2.58. The first-order valence-corrected chi connectivity index (χ1v) is 9.60. The third-order valence-corrected chi connectivity index (χ3v) is 4.95. The number of terminal acetylenes is 1. The molecule has 0 atom stereocenters. The van der Waals surface area contributed by atoms with Crippen molar-refractivity contribution in [3.8, 4) is 23.8 Å². The highest BCUT2D eigenvalue weighted by atomic mass is 35.5. The van der Waals surface area contributed by atoms with Gasteiger partial charge in [-0.1, -0.05) is 35.7 Å². The first-order chi connectivity index (χ1) is 13.5. The first-order valence-electron chi connectivity index (χ1n) is 8.40. The molecule has 0 radical (unpaired) electrons. The van der Waals surface area contributed by atoms with Crippen LogP contribution in [0.25, 0.3) is 6.08 Å². The van der Waals surface area contributed by atoms with Crippen LogP contribution in [-0.4, -0.2) is 24.4 Å². The van der Waals surface area contributed by atoms with Crippen molar-refractivity contribution in [2.75, 3.05) is 18.1 Å². The highest BCUT2D eigenvalue weighted by Gasteiger charge is 2.37. The number of halogens is 1. The topological polar surface area (TPSA) is 55.8 Å². The van der Waals surface area contributed by atoms with E-state index in [9.17, 15) is 9.59 Å². The van der Waals surface area contributed by atoms with Gasteiger partial charge in [0.1, 0.15) is 6.61 Å². The predicted molar refractivity (Wildman–Crippen MR) is 112 cm³/mol. The minimum absolute atomic E-state index is 0.121. The van der Waals surface area contributed by atoms with Crippen LogP contribution in [0.2, 0.25) is 5.02 Å². The number of benzene rings is 2. The molecule has 1 aliphatic rings. The van der Waals surface area contributed by atoms with Crippen LogP contribution < -0.4 is 14.4 Å². The van der Waals surface area contributed by atoms with Gasteiger partial charge in [-0.2, -0.15) is 0 Å². The summed E-state index contributed by atoms with van der Waals surface area (Å²) in [5.41, 5.74) is 1.06. The van der Waals surface area contributed by atoms with Crippen LogP contribution in [0.1, 0.15) is 12.5 Å². The Labute approximate surface area is 172 Å². The van der Waals surface area contributed by atoms with Gasteiger partial charge in [-0.25, -0.2) is 4.90 Å². The lowest BCUT2D eigenvalue weighted by atomic mass is 10.1. The maximum absolute atomic E-state index is 12.8. The van der Waals surface area contributed by atoms with Gasteiger partial charge < -0.3 is 9.47 Å². The summed E-state index contributed by atoms with van der Waals surface area (Å²) >= 11 is 7.00. The van der Waals surface area contributed by atoms with Gasteiger partial charge >= 0.3 is 0 Å². The number of rotatable bonds is 6. The number of amides is 2. The second kappa shape index (κ2) is 8.87. The van der Waals surface area contributed by atoms with Gasteiger partial charge in [-0.3, -0.25) is 9.59 Å². The third-order valence-electron chi connectivity index (χ3n) is 3.76. The Morgan fingerprint density at radius 1 is 1.18 bits per heavy atom. The number of carbonyl (C=O) groups is 2. The predicted octanol–water partition coefficient (Wildman–Crippen LogP) is 4.99. The molecule has 0 aliphatic carbocycles. The van der Waals surface area contributed by atoms with Gasteiger partial charge in [0, 0.05) is 0 Å². The number of thioether (sulfide) groups is 1. The van der Waals surface area contributed by atoms with Gasteiger partial charge in [0.15, 0.2) is 11.5 Å². The first kappa shape index (κ1) is 19.9. The lowest BCUT2D eigenvalue weighted by molar-refractivity contribution is -0.113. The SMILES string of the molecule is C#CCOc1ccc(/C=C2\SC(=O)N(c3ccccc3Cl)C2=O)cc1OCC. The molecule has 5 nitrogen and oxygen atoms in total. The number of nitrogens with zero attached hydrogens (tertiary/aromatic N) is 1. The van der Waals surface area contributed by atoms with Crippen LogP contribution in [0.15, 0.2) is 47.4 Å². The van der Waals surface area contributed by atoms with Gasteiger partial charge in [-0.05, 0) is 54.6 Å². The van der Waals surface area contributed by atoms with Crippen LogP contribution >= 0.6 is 23.4 Å². The van der Waals surface area contributed by atoms with Gasteiger partial charge in [0.2, 0.25) is 0 Å². The molecule has 0 N–H and O–H groups in total. The van der Waals surface area contributed by atoms with E-state index in [0.29, 0.717) is 39.3 Å². The Kier molecular flexibility index (Phi) is 6.30. The largest absolute Gasteiger partial charge is 0.490 e. The molecule has 1 fully saturated rings. The van der Waals surface area contributed by atoms with Crippen molar-refractivity contribution < 1.29 is 19.1 Å². The maximum atomic E-state index is 12.8. The minimum atomic E-state index is -0.422. The number of imide groups is 1. The van der Waals surface area contributed by atoms with Crippen molar-refractivity contribution in [3.05, 3.63) is 58.0 Å². The summed E-state index contributed by atoms with van der Waals surface area (Å²) in [6.45, 7) is 2.42. The molecule has 1 heterocycles. The van der Waals surface area contributed by atoms with Crippen LogP contribution in [0.3, 0.4) is 0 Å². The second-order valence-electron chi connectivity index (χ2n) is 5.60. The summed E-state index contributed by atoms with van der Waals surface area (Å²) < 4.78 is 11.0. The van der Waals surface area contributed by atoms with Crippen LogP contribution in [0.4, 0.5) is 10.5 Å². The summed E-state index contributed by atoms with van der Waals surface area (Å²) in [5.74, 6) is 3.01. The van der Waals surface area contributed by atoms with E-state index in [1.54, 1.807) is 48.5 Å². The zero-order valence-corrected chi connectivity index (χ0v) is 16.5. The van der Waals surface area contributed by atoms with Crippen molar-refractivity contribution in [2.24, 2.45) is 0 Å². The number of ether oxygens (including phenoxy) is 2. The van der Waals surface area contributed by atoms with Crippen LogP contribution in [0.5, 0.6) is 11.5 Å². The lowest BCUT2D eigenvalue weighted by Crippen LogP contribution is -2.27. The number of hydrogen-bond donors (Lipinski definition) is 0. The Hall–Kier alpha value is -2.88. The van der Waals surface area contributed by atoms with E-state index in [4.69, 9.17) is 27.5 Å². The highest BCUT2D eigenvalue weighted by molar-refractivity contribution is 8.19. The fourth-order valence-corrected chi connectivity index (χ4v) is 3.64. The molecule has 0 aromatic heterocycles. The molecular formula is C21H16ClNO4S. The standard InChI is InChI=1S/C21H16ClNO4S/c1-3-11-27-17-10-9-14(12-18(17)26-4-2)13-19-20(24)23(21(25)28-19)16-8-6-5-7-15(16)22/h1,5-10,12-13H,4,11H2,2H3/b19-13-. The fraction of sp³-hybridized carbons (Fsp3) is 0.143. The van der Waals surface area contributed by atoms with Crippen molar-refractivity contribution in [1.82, 2.24) is 0 Å². The van der Waals surface area contributed by atoms with E-state index in [0.717, 1.165) is 16.7 Å². The second-order valence-corrected chi connectivity index (χ2v) is 7.00. The van der Waals surface area contributed by atoms with Crippen molar-refractivity contribution in [3.63, 3.8) is 0 Å². The van der Waals surface area contributed by atoms with Crippen molar-refractivity contribution in [1.29, 1.82) is 0 Å². The molecule has 3 rings (SSSR count). The van der Waals surface area contributed by atoms with Crippen LogP contribution in [0, 0.1) is 12.3 Å². The lowest BCUT2D eigenvalue weighted by Gasteiger charge is -2.13. The van der Waals surface area contributed by atoms with E-state index < -0.39 is 11.1 Å².